The van der Waals surface area contributed by atoms with Crippen LogP contribution < -0.4 is 0 Å². The first-order chi connectivity index (χ1) is 6.33. The normalized spacial score (nSPS) is 16.4. The molecule has 0 N–H and O–H groups in total. The summed E-state index contributed by atoms with van der Waals surface area (Å²) >= 11 is 0. The molecule has 2 heteroatoms. The van der Waals surface area contributed by atoms with Crippen LogP contribution in [0.25, 0.3) is 0 Å². The Morgan fingerprint density at radius 1 is 1.29 bits per heavy atom. The van der Waals surface area contributed by atoms with Crippen molar-refractivity contribution in [2.75, 3.05) is 0 Å². The molecule has 0 amide bonds. The minimum absolute atomic E-state index is 0.209. The van der Waals surface area contributed by atoms with Crippen LogP contribution in [0.3, 0.4) is 0 Å². The summed E-state index contributed by atoms with van der Waals surface area (Å²) in [6.45, 7) is 16.6. The summed E-state index contributed by atoms with van der Waals surface area (Å²) < 4.78 is 6.08. The van der Waals surface area contributed by atoms with Crippen LogP contribution in [0.2, 0.25) is 19.6 Å². The SMILES string of the molecule is [CH]=CC(C)(CCCCC)O[Si](C)(C)C. The van der Waals surface area contributed by atoms with Gasteiger partial charge in [-0.25, -0.2) is 0 Å². The molecule has 0 aromatic rings. The van der Waals surface area contributed by atoms with Gasteiger partial charge in [0.1, 0.15) is 0 Å². The van der Waals surface area contributed by atoms with E-state index in [4.69, 9.17) is 11.0 Å². The fourth-order valence-corrected chi connectivity index (χ4v) is 3.16. The van der Waals surface area contributed by atoms with Crippen molar-refractivity contribution in [2.24, 2.45) is 0 Å². The van der Waals surface area contributed by atoms with Gasteiger partial charge in [0.15, 0.2) is 8.32 Å². The van der Waals surface area contributed by atoms with E-state index >= 15 is 0 Å². The highest BCUT2D eigenvalue weighted by Crippen LogP contribution is 2.24. The Morgan fingerprint density at radius 2 is 1.86 bits per heavy atom. The third-order valence-electron chi connectivity index (χ3n) is 2.17. The second-order valence-corrected chi connectivity index (χ2v) is 9.58. The van der Waals surface area contributed by atoms with Crippen LogP contribution in [0.5, 0.6) is 0 Å². The standard InChI is InChI=1S/C12H25OSi/c1-7-9-10-11-12(3,8-2)13-14(4,5)6/h2,8H,7,9-11H2,1,3-6H3. The quantitative estimate of drug-likeness (QED) is 0.456. The molecule has 0 aromatic carbocycles. The summed E-state index contributed by atoms with van der Waals surface area (Å²) in [6.07, 6.45) is 6.47. The van der Waals surface area contributed by atoms with Gasteiger partial charge in [-0.15, -0.1) is 0 Å². The first-order valence-electron chi connectivity index (χ1n) is 5.59. The number of unbranched alkanes of at least 4 members (excludes halogenated alkanes) is 2. The van der Waals surface area contributed by atoms with Gasteiger partial charge in [-0.2, -0.15) is 0 Å². The van der Waals surface area contributed by atoms with Crippen molar-refractivity contribution >= 4 is 8.32 Å². The molecule has 1 nitrogen and oxygen atoms in total. The van der Waals surface area contributed by atoms with Crippen LogP contribution in [-0.2, 0) is 4.43 Å². The van der Waals surface area contributed by atoms with Crippen LogP contribution in [0.1, 0.15) is 39.5 Å². The molecule has 0 aromatic heterocycles. The first kappa shape index (κ1) is 13.9. The largest absolute Gasteiger partial charge is 0.409 e. The van der Waals surface area contributed by atoms with Crippen molar-refractivity contribution in [1.82, 2.24) is 0 Å². The van der Waals surface area contributed by atoms with E-state index in [0.29, 0.717) is 0 Å². The van der Waals surface area contributed by atoms with E-state index in [1.807, 2.05) is 0 Å². The molecule has 1 radical (unpaired) electrons. The summed E-state index contributed by atoms with van der Waals surface area (Å²) in [5.74, 6) is 0. The number of rotatable bonds is 7. The van der Waals surface area contributed by atoms with Crippen LogP contribution in [0.4, 0.5) is 0 Å². The summed E-state index contributed by atoms with van der Waals surface area (Å²) in [6, 6.07) is 0. The second-order valence-electron chi connectivity index (χ2n) is 5.15. The van der Waals surface area contributed by atoms with Gasteiger partial charge in [0.05, 0.1) is 5.60 Å². The van der Waals surface area contributed by atoms with Crippen LogP contribution in [0, 0.1) is 6.58 Å². The van der Waals surface area contributed by atoms with Gasteiger partial charge in [-0.3, -0.25) is 0 Å². The van der Waals surface area contributed by atoms with Crippen LogP contribution in [-0.4, -0.2) is 13.9 Å². The fraction of sp³-hybridized carbons (Fsp3) is 0.833. The smallest absolute Gasteiger partial charge is 0.184 e. The van der Waals surface area contributed by atoms with Gasteiger partial charge in [-0.1, -0.05) is 38.8 Å². The Hall–Kier alpha value is -0.0831. The Bertz CT molecular complexity index is 172. The molecule has 83 valence electrons. The molecule has 0 saturated carbocycles. The molecule has 0 bridgehead atoms. The third kappa shape index (κ3) is 6.38. The van der Waals surface area contributed by atoms with Crippen molar-refractivity contribution in [3.8, 4) is 0 Å². The number of hydrogen-bond donors (Lipinski definition) is 0. The van der Waals surface area contributed by atoms with Gasteiger partial charge in [-0.05, 0) is 33.0 Å². The second kappa shape index (κ2) is 5.71. The fourth-order valence-electron chi connectivity index (χ4n) is 1.59. The molecule has 0 heterocycles. The van der Waals surface area contributed by atoms with Crippen LogP contribution >= 0.6 is 0 Å². The molecule has 0 fully saturated rings. The van der Waals surface area contributed by atoms with Crippen molar-refractivity contribution in [2.45, 2.75) is 64.8 Å². The predicted octanol–water partition coefficient (Wildman–Crippen LogP) is 4.17. The summed E-state index contributed by atoms with van der Waals surface area (Å²) in [5.41, 5.74) is -0.209. The molecule has 14 heavy (non-hydrogen) atoms. The first-order valence-corrected chi connectivity index (χ1v) is 9.00. The van der Waals surface area contributed by atoms with Gasteiger partial charge >= 0.3 is 0 Å². The molecule has 0 saturated heterocycles. The van der Waals surface area contributed by atoms with Gasteiger partial charge in [0, 0.05) is 0 Å². The molecule has 1 unspecified atom stereocenters. The zero-order chi connectivity index (χ0) is 11.2. The average molecular weight is 213 g/mol. The van der Waals surface area contributed by atoms with Crippen molar-refractivity contribution in [1.29, 1.82) is 0 Å². The average Bonchev–Trinajstić information content (AvgIpc) is 2.02. The Kier molecular flexibility index (Phi) is 5.68. The van der Waals surface area contributed by atoms with E-state index in [1.165, 1.54) is 19.3 Å². The van der Waals surface area contributed by atoms with Gasteiger partial charge < -0.3 is 4.43 Å². The van der Waals surface area contributed by atoms with E-state index in [-0.39, 0.29) is 5.60 Å². The van der Waals surface area contributed by atoms with E-state index in [1.54, 1.807) is 6.08 Å². The van der Waals surface area contributed by atoms with E-state index in [9.17, 15) is 0 Å². The molecule has 0 rings (SSSR count). The summed E-state index contributed by atoms with van der Waals surface area (Å²) in [5, 5.41) is 0. The maximum Gasteiger partial charge on any atom is 0.184 e. The Morgan fingerprint density at radius 3 is 2.21 bits per heavy atom. The maximum atomic E-state index is 6.08. The summed E-state index contributed by atoms with van der Waals surface area (Å²) in [7, 11) is -1.49. The third-order valence-corrected chi connectivity index (χ3v) is 3.25. The van der Waals surface area contributed by atoms with Crippen molar-refractivity contribution in [3.05, 3.63) is 12.7 Å². The lowest BCUT2D eigenvalue weighted by atomic mass is 9.99. The highest BCUT2D eigenvalue weighted by molar-refractivity contribution is 6.69. The van der Waals surface area contributed by atoms with Gasteiger partial charge in [0.25, 0.3) is 0 Å². The predicted molar refractivity (Wildman–Crippen MR) is 65.8 cm³/mol. The monoisotopic (exact) mass is 213 g/mol. The van der Waals surface area contributed by atoms with Crippen LogP contribution in [0.15, 0.2) is 6.08 Å². The van der Waals surface area contributed by atoms with Crippen molar-refractivity contribution < 1.29 is 4.43 Å². The number of hydrogen-bond acceptors (Lipinski definition) is 1. The zero-order valence-electron chi connectivity index (χ0n) is 10.4. The van der Waals surface area contributed by atoms with E-state index in [2.05, 4.69) is 33.5 Å². The highest BCUT2D eigenvalue weighted by atomic mass is 28.4. The molecule has 1 atom stereocenters. The molecule has 0 aliphatic carbocycles. The minimum Gasteiger partial charge on any atom is -0.409 e. The topological polar surface area (TPSA) is 9.23 Å². The highest BCUT2D eigenvalue weighted by Gasteiger charge is 2.28. The Balaban J connectivity index is 4.11. The van der Waals surface area contributed by atoms with E-state index < -0.39 is 8.32 Å². The maximum absolute atomic E-state index is 6.08. The lowest BCUT2D eigenvalue weighted by Crippen LogP contribution is -2.39. The van der Waals surface area contributed by atoms with E-state index in [0.717, 1.165) is 6.42 Å². The van der Waals surface area contributed by atoms with Crippen molar-refractivity contribution in [3.63, 3.8) is 0 Å². The molecular formula is C12H25OSi. The zero-order valence-corrected chi connectivity index (χ0v) is 11.4. The molecule has 0 spiro atoms. The summed E-state index contributed by atoms with van der Waals surface area (Å²) in [4.78, 5) is 0. The lowest BCUT2D eigenvalue weighted by molar-refractivity contribution is 0.119. The Labute approximate surface area is 90.7 Å². The van der Waals surface area contributed by atoms with Gasteiger partial charge in [0.2, 0.25) is 0 Å². The lowest BCUT2D eigenvalue weighted by Gasteiger charge is -2.33. The molecular weight excluding hydrogens is 188 g/mol. The molecule has 0 aliphatic rings. The minimum atomic E-state index is -1.49. The molecule has 0 aliphatic heterocycles.